The van der Waals surface area contributed by atoms with Gasteiger partial charge in [0.2, 0.25) is 5.88 Å². The van der Waals surface area contributed by atoms with Gasteiger partial charge in [0.25, 0.3) is 0 Å². The van der Waals surface area contributed by atoms with Crippen LogP contribution in [0.2, 0.25) is 0 Å². The molecular formula is C12H20N4O. The molecule has 1 aromatic heterocycles. The van der Waals surface area contributed by atoms with Crippen molar-refractivity contribution >= 4 is 5.82 Å². The van der Waals surface area contributed by atoms with Crippen LogP contribution in [0, 0.1) is 6.92 Å². The SMILES string of the molecule is CCOc1ncnc(N(CCN)C2CC2)c1C. The molecule has 0 aliphatic heterocycles. The Labute approximate surface area is 102 Å². The van der Waals surface area contributed by atoms with E-state index < -0.39 is 0 Å². The van der Waals surface area contributed by atoms with Crippen LogP contribution in [0.1, 0.15) is 25.3 Å². The lowest BCUT2D eigenvalue weighted by molar-refractivity contribution is 0.323. The molecule has 5 heteroatoms. The van der Waals surface area contributed by atoms with E-state index in [0.29, 0.717) is 25.1 Å². The summed E-state index contributed by atoms with van der Waals surface area (Å²) in [4.78, 5) is 10.8. The second-order valence-corrected chi connectivity index (χ2v) is 4.27. The van der Waals surface area contributed by atoms with Gasteiger partial charge in [0, 0.05) is 19.1 Å². The molecule has 0 bridgehead atoms. The smallest absolute Gasteiger partial charge is 0.221 e. The summed E-state index contributed by atoms with van der Waals surface area (Å²) in [5.74, 6) is 1.65. The third-order valence-electron chi connectivity index (χ3n) is 2.92. The zero-order valence-electron chi connectivity index (χ0n) is 10.5. The lowest BCUT2D eigenvalue weighted by Gasteiger charge is -2.24. The van der Waals surface area contributed by atoms with Gasteiger partial charge in [-0.15, -0.1) is 0 Å². The van der Waals surface area contributed by atoms with E-state index >= 15 is 0 Å². The summed E-state index contributed by atoms with van der Waals surface area (Å²) in [5.41, 5.74) is 6.67. The van der Waals surface area contributed by atoms with E-state index in [1.165, 1.54) is 12.8 Å². The number of anilines is 1. The Morgan fingerprint density at radius 3 is 2.82 bits per heavy atom. The molecule has 2 rings (SSSR count). The maximum Gasteiger partial charge on any atom is 0.221 e. The number of aromatic nitrogens is 2. The molecule has 5 nitrogen and oxygen atoms in total. The molecule has 0 saturated heterocycles. The fraction of sp³-hybridized carbons (Fsp3) is 0.667. The molecule has 0 amide bonds. The second-order valence-electron chi connectivity index (χ2n) is 4.27. The van der Waals surface area contributed by atoms with Gasteiger partial charge in [-0.05, 0) is 26.7 Å². The highest BCUT2D eigenvalue weighted by atomic mass is 16.5. The monoisotopic (exact) mass is 236 g/mol. The maximum atomic E-state index is 5.66. The Morgan fingerprint density at radius 1 is 1.47 bits per heavy atom. The second kappa shape index (κ2) is 5.31. The predicted molar refractivity (Wildman–Crippen MR) is 67.4 cm³/mol. The zero-order chi connectivity index (χ0) is 12.3. The molecule has 0 radical (unpaired) electrons. The number of nitrogens with zero attached hydrogens (tertiary/aromatic N) is 3. The molecule has 1 aliphatic carbocycles. The Bertz CT molecular complexity index is 379. The van der Waals surface area contributed by atoms with Crippen LogP contribution in [0.15, 0.2) is 6.33 Å². The van der Waals surface area contributed by atoms with Crippen LogP contribution in [0.3, 0.4) is 0 Å². The van der Waals surface area contributed by atoms with Crippen molar-refractivity contribution in [3.8, 4) is 5.88 Å². The van der Waals surface area contributed by atoms with Crippen molar-refractivity contribution in [2.45, 2.75) is 32.7 Å². The largest absolute Gasteiger partial charge is 0.478 e. The molecule has 17 heavy (non-hydrogen) atoms. The van der Waals surface area contributed by atoms with Crippen LogP contribution in [0.4, 0.5) is 5.82 Å². The summed E-state index contributed by atoms with van der Waals surface area (Å²) in [6.07, 6.45) is 4.03. The number of rotatable bonds is 6. The van der Waals surface area contributed by atoms with Crippen LogP contribution >= 0.6 is 0 Å². The van der Waals surface area contributed by atoms with Gasteiger partial charge in [-0.25, -0.2) is 9.97 Å². The summed E-state index contributed by atoms with van der Waals surface area (Å²) in [6, 6.07) is 0.599. The Balaban J connectivity index is 2.25. The van der Waals surface area contributed by atoms with Gasteiger partial charge in [0.05, 0.1) is 12.2 Å². The van der Waals surface area contributed by atoms with Crippen molar-refractivity contribution in [3.05, 3.63) is 11.9 Å². The third-order valence-corrected chi connectivity index (χ3v) is 2.92. The summed E-state index contributed by atoms with van der Waals surface area (Å²) in [7, 11) is 0. The minimum Gasteiger partial charge on any atom is -0.478 e. The third kappa shape index (κ3) is 2.66. The van der Waals surface area contributed by atoms with Gasteiger partial charge in [-0.1, -0.05) is 0 Å². The fourth-order valence-corrected chi connectivity index (χ4v) is 1.98. The molecular weight excluding hydrogens is 216 g/mol. The van der Waals surface area contributed by atoms with E-state index in [2.05, 4.69) is 14.9 Å². The zero-order valence-corrected chi connectivity index (χ0v) is 10.5. The highest BCUT2D eigenvalue weighted by Gasteiger charge is 2.31. The average molecular weight is 236 g/mol. The van der Waals surface area contributed by atoms with E-state index in [9.17, 15) is 0 Å². The van der Waals surface area contributed by atoms with Crippen LogP contribution in [0.5, 0.6) is 5.88 Å². The minimum absolute atomic E-state index is 0.599. The summed E-state index contributed by atoms with van der Waals surface area (Å²) in [6.45, 7) is 6.07. The van der Waals surface area contributed by atoms with Crippen LogP contribution in [0.25, 0.3) is 0 Å². The maximum absolute atomic E-state index is 5.66. The Morgan fingerprint density at radius 2 is 2.24 bits per heavy atom. The Kier molecular flexibility index (Phi) is 3.78. The number of hydrogen-bond donors (Lipinski definition) is 1. The first-order valence-corrected chi connectivity index (χ1v) is 6.19. The van der Waals surface area contributed by atoms with Gasteiger partial charge >= 0.3 is 0 Å². The Hall–Kier alpha value is -1.36. The van der Waals surface area contributed by atoms with Gasteiger partial charge in [-0.3, -0.25) is 0 Å². The molecule has 1 heterocycles. The number of nitrogens with two attached hydrogens (primary N) is 1. The predicted octanol–water partition coefficient (Wildman–Crippen LogP) is 1.11. The van der Waals surface area contributed by atoms with E-state index in [4.69, 9.17) is 10.5 Å². The van der Waals surface area contributed by atoms with E-state index in [0.717, 1.165) is 17.9 Å². The topological polar surface area (TPSA) is 64.3 Å². The van der Waals surface area contributed by atoms with Crippen molar-refractivity contribution < 1.29 is 4.74 Å². The highest BCUT2D eigenvalue weighted by molar-refractivity contribution is 5.51. The molecule has 1 aliphatic rings. The van der Waals surface area contributed by atoms with E-state index in [-0.39, 0.29) is 0 Å². The van der Waals surface area contributed by atoms with Crippen molar-refractivity contribution in [1.82, 2.24) is 9.97 Å². The summed E-state index contributed by atoms with van der Waals surface area (Å²) >= 11 is 0. The molecule has 94 valence electrons. The van der Waals surface area contributed by atoms with E-state index in [1.54, 1.807) is 6.33 Å². The molecule has 0 spiro atoms. The summed E-state index contributed by atoms with van der Waals surface area (Å²) < 4.78 is 5.50. The van der Waals surface area contributed by atoms with Crippen LogP contribution in [-0.2, 0) is 0 Å². The molecule has 1 aromatic rings. The quantitative estimate of drug-likeness (QED) is 0.801. The number of ether oxygens (including phenoxy) is 1. The summed E-state index contributed by atoms with van der Waals surface area (Å²) in [5, 5.41) is 0. The first-order valence-electron chi connectivity index (χ1n) is 6.19. The van der Waals surface area contributed by atoms with Gasteiger partial charge in [-0.2, -0.15) is 0 Å². The average Bonchev–Trinajstić information content (AvgIpc) is 3.14. The lowest BCUT2D eigenvalue weighted by atomic mass is 10.3. The van der Waals surface area contributed by atoms with Gasteiger partial charge < -0.3 is 15.4 Å². The van der Waals surface area contributed by atoms with Crippen molar-refractivity contribution in [1.29, 1.82) is 0 Å². The van der Waals surface area contributed by atoms with Crippen molar-refractivity contribution in [2.75, 3.05) is 24.6 Å². The first kappa shape index (κ1) is 12.1. The first-order chi connectivity index (χ1) is 8.27. The molecule has 2 N–H and O–H groups in total. The standard InChI is InChI=1S/C12H20N4O/c1-3-17-12-9(2)11(14-8-15-12)16(7-6-13)10-4-5-10/h8,10H,3-7,13H2,1-2H3. The normalized spacial score (nSPS) is 14.8. The van der Waals surface area contributed by atoms with Crippen molar-refractivity contribution in [3.63, 3.8) is 0 Å². The van der Waals surface area contributed by atoms with Gasteiger partial charge in [0.1, 0.15) is 12.1 Å². The number of hydrogen-bond acceptors (Lipinski definition) is 5. The molecule has 0 aromatic carbocycles. The highest BCUT2D eigenvalue weighted by Crippen LogP contribution is 2.33. The molecule has 1 saturated carbocycles. The lowest BCUT2D eigenvalue weighted by Crippen LogP contribution is -2.32. The minimum atomic E-state index is 0.599. The molecule has 0 atom stereocenters. The van der Waals surface area contributed by atoms with Gasteiger partial charge in [0.15, 0.2) is 0 Å². The van der Waals surface area contributed by atoms with Crippen molar-refractivity contribution in [2.24, 2.45) is 5.73 Å². The van der Waals surface area contributed by atoms with Crippen LogP contribution in [-0.4, -0.2) is 35.7 Å². The fourth-order valence-electron chi connectivity index (χ4n) is 1.98. The van der Waals surface area contributed by atoms with Crippen LogP contribution < -0.4 is 15.4 Å². The van der Waals surface area contributed by atoms with E-state index in [1.807, 2.05) is 13.8 Å². The molecule has 0 unspecified atom stereocenters. The molecule has 1 fully saturated rings.